The van der Waals surface area contributed by atoms with Crippen LogP contribution in [0.4, 0.5) is 0 Å². The van der Waals surface area contributed by atoms with Gasteiger partial charge in [-0.15, -0.1) is 0 Å². The van der Waals surface area contributed by atoms with Crippen LogP contribution in [0.25, 0.3) is 5.57 Å². The fourth-order valence-electron chi connectivity index (χ4n) is 2.96. The summed E-state index contributed by atoms with van der Waals surface area (Å²) in [4.78, 5) is 12.4. The summed E-state index contributed by atoms with van der Waals surface area (Å²) in [6.45, 7) is 2.64. The van der Waals surface area contributed by atoms with Crippen LogP contribution in [-0.4, -0.2) is 12.4 Å². The van der Waals surface area contributed by atoms with Crippen LogP contribution in [0.3, 0.4) is 0 Å². The summed E-state index contributed by atoms with van der Waals surface area (Å²) < 4.78 is 5.46. The molecule has 0 aliphatic heterocycles. The maximum absolute atomic E-state index is 12.4. The van der Waals surface area contributed by atoms with Crippen molar-refractivity contribution < 1.29 is 9.53 Å². The van der Waals surface area contributed by atoms with E-state index >= 15 is 0 Å². The van der Waals surface area contributed by atoms with Gasteiger partial charge in [0.25, 0.3) is 0 Å². The maximum Gasteiger partial charge on any atom is 0.163 e. The molecule has 0 amide bonds. The first-order valence-corrected chi connectivity index (χ1v) is 7.80. The van der Waals surface area contributed by atoms with Gasteiger partial charge in [0.2, 0.25) is 0 Å². The van der Waals surface area contributed by atoms with Gasteiger partial charge in [-0.05, 0) is 54.7 Å². The van der Waals surface area contributed by atoms with Gasteiger partial charge in [-0.25, -0.2) is 0 Å². The van der Waals surface area contributed by atoms with Gasteiger partial charge in [-0.3, -0.25) is 4.79 Å². The topological polar surface area (TPSA) is 26.3 Å². The first-order chi connectivity index (χ1) is 10.8. The first-order valence-electron chi connectivity index (χ1n) is 7.80. The Labute approximate surface area is 131 Å². The van der Waals surface area contributed by atoms with Crippen LogP contribution in [0.5, 0.6) is 5.75 Å². The van der Waals surface area contributed by atoms with E-state index in [1.807, 2.05) is 67.6 Å². The van der Waals surface area contributed by atoms with Crippen molar-refractivity contribution in [1.82, 2.24) is 0 Å². The molecular formula is C20H20O2. The van der Waals surface area contributed by atoms with E-state index in [2.05, 4.69) is 0 Å². The highest BCUT2D eigenvalue weighted by molar-refractivity contribution is 6.02. The molecule has 2 heteroatoms. The van der Waals surface area contributed by atoms with Crippen molar-refractivity contribution in [2.75, 3.05) is 6.61 Å². The zero-order valence-corrected chi connectivity index (χ0v) is 12.8. The van der Waals surface area contributed by atoms with E-state index in [9.17, 15) is 4.79 Å². The number of hydrogen-bond acceptors (Lipinski definition) is 2. The van der Waals surface area contributed by atoms with E-state index in [0.29, 0.717) is 6.61 Å². The Balaban J connectivity index is 1.78. The molecule has 2 aromatic carbocycles. The molecule has 112 valence electrons. The lowest BCUT2D eigenvalue weighted by atomic mass is 9.82. The summed E-state index contributed by atoms with van der Waals surface area (Å²) in [6.07, 6.45) is 3.62. The number of carbonyl (C=O) groups excluding carboxylic acids is 1. The van der Waals surface area contributed by atoms with Crippen molar-refractivity contribution >= 4 is 11.4 Å². The Morgan fingerprint density at radius 1 is 1.05 bits per heavy atom. The average Bonchev–Trinajstić information content (AvgIpc) is 2.56. The standard InChI is InChI=1S/C20H20O2/c1-2-22-18-11-8-15(9-12-18)17-10-13-19(20(21)14-17)16-6-4-3-5-7-16/h3-9,11-12,14,19H,2,10,13H2,1H3. The number of rotatable bonds is 4. The molecule has 0 radical (unpaired) electrons. The van der Waals surface area contributed by atoms with Crippen LogP contribution in [0.2, 0.25) is 0 Å². The van der Waals surface area contributed by atoms with Gasteiger partial charge in [-0.1, -0.05) is 42.5 Å². The molecule has 0 saturated carbocycles. The van der Waals surface area contributed by atoms with Crippen LogP contribution in [-0.2, 0) is 4.79 Å². The second kappa shape index (κ2) is 6.61. The fourth-order valence-corrected chi connectivity index (χ4v) is 2.96. The molecule has 22 heavy (non-hydrogen) atoms. The van der Waals surface area contributed by atoms with Crippen molar-refractivity contribution in [2.24, 2.45) is 0 Å². The first kappa shape index (κ1) is 14.6. The lowest BCUT2D eigenvalue weighted by Crippen LogP contribution is -2.15. The lowest BCUT2D eigenvalue weighted by molar-refractivity contribution is -0.116. The Morgan fingerprint density at radius 3 is 2.41 bits per heavy atom. The number of ketones is 1. The van der Waals surface area contributed by atoms with Crippen LogP contribution in [0, 0.1) is 0 Å². The monoisotopic (exact) mass is 292 g/mol. The summed E-state index contributed by atoms with van der Waals surface area (Å²) in [6, 6.07) is 18.1. The molecule has 1 aliphatic carbocycles. The molecule has 0 heterocycles. The Bertz CT molecular complexity index is 669. The highest BCUT2D eigenvalue weighted by Crippen LogP contribution is 2.34. The van der Waals surface area contributed by atoms with E-state index in [4.69, 9.17) is 4.74 Å². The van der Waals surface area contributed by atoms with E-state index in [1.54, 1.807) is 0 Å². The fraction of sp³-hybridized carbons (Fsp3) is 0.250. The van der Waals surface area contributed by atoms with Crippen molar-refractivity contribution in [3.05, 3.63) is 71.8 Å². The molecule has 1 atom stereocenters. The SMILES string of the molecule is CCOc1ccc(C2=CC(=O)C(c3ccccc3)CC2)cc1. The Hall–Kier alpha value is -2.35. The predicted molar refractivity (Wildman–Crippen MR) is 89.0 cm³/mol. The largest absolute Gasteiger partial charge is 0.494 e. The van der Waals surface area contributed by atoms with Crippen LogP contribution in [0.15, 0.2) is 60.7 Å². The average molecular weight is 292 g/mol. The van der Waals surface area contributed by atoms with Crippen molar-refractivity contribution in [3.8, 4) is 5.75 Å². The highest BCUT2D eigenvalue weighted by atomic mass is 16.5. The van der Waals surface area contributed by atoms with Crippen LogP contribution >= 0.6 is 0 Å². The maximum atomic E-state index is 12.4. The van der Waals surface area contributed by atoms with Gasteiger partial charge < -0.3 is 4.74 Å². The molecule has 0 saturated heterocycles. The number of carbonyl (C=O) groups is 1. The summed E-state index contributed by atoms with van der Waals surface area (Å²) in [5.74, 6) is 1.09. The highest BCUT2D eigenvalue weighted by Gasteiger charge is 2.24. The molecule has 0 aromatic heterocycles. The van der Waals surface area contributed by atoms with Crippen molar-refractivity contribution in [2.45, 2.75) is 25.7 Å². The minimum Gasteiger partial charge on any atom is -0.494 e. The van der Waals surface area contributed by atoms with Gasteiger partial charge in [0.05, 0.1) is 6.61 Å². The van der Waals surface area contributed by atoms with Crippen LogP contribution < -0.4 is 4.74 Å². The van der Waals surface area contributed by atoms with Gasteiger partial charge >= 0.3 is 0 Å². The summed E-state index contributed by atoms with van der Waals surface area (Å²) in [7, 11) is 0. The summed E-state index contributed by atoms with van der Waals surface area (Å²) >= 11 is 0. The molecule has 3 rings (SSSR count). The third-order valence-corrected chi connectivity index (χ3v) is 4.10. The van der Waals surface area contributed by atoms with Crippen molar-refractivity contribution in [3.63, 3.8) is 0 Å². The van der Waals surface area contributed by atoms with Crippen LogP contribution in [0.1, 0.15) is 36.8 Å². The third-order valence-electron chi connectivity index (χ3n) is 4.10. The number of allylic oxidation sites excluding steroid dienone is 2. The lowest BCUT2D eigenvalue weighted by Gasteiger charge is -2.21. The molecule has 0 bridgehead atoms. The molecule has 2 aromatic rings. The minimum absolute atomic E-state index is 0.00708. The minimum atomic E-state index is 0.00708. The normalized spacial score (nSPS) is 18.0. The second-order valence-electron chi connectivity index (χ2n) is 5.53. The van der Waals surface area contributed by atoms with Gasteiger partial charge in [0.15, 0.2) is 5.78 Å². The predicted octanol–water partition coefficient (Wildman–Crippen LogP) is 4.62. The zero-order valence-electron chi connectivity index (χ0n) is 12.8. The van der Waals surface area contributed by atoms with Gasteiger partial charge in [0.1, 0.15) is 5.75 Å². The molecule has 0 N–H and O–H groups in total. The Kier molecular flexibility index (Phi) is 4.38. The zero-order chi connectivity index (χ0) is 15.4. The molecular weight excluding hydrogens is 272 g/mol. The third kappa shape index (κ3) is 3.11. The van der Waals surface area contributed by atoms with Crippen molar-refractivity contribution in [1.29, 1.82) is 0 Å². The summed E-state index contributed by atoms with van der Waals surface area (Å²) in [5, 5.41) is 0. The molecule has 1 unspecified atom stereocenters. The van der Waals surface area contributed by atoms with E-state index in [1.165, 1.54) is 0 Å². The number of ether oxygens (including phenoxy) is 1. The summed E-state index contributed by atoms with van der Waals surface area (Å²) in [5.41, 5.74) is 3.36. The van der Waals surface area contributed by atoms with E-state index in [0.717, 1.165) is 35.3 Å². The number of benzene rings is 2. The molecule has 2 nitrogen and oxygen atoms in total. The van der Waals surface area contributed by atoms with Gasteiger partial charge in [-0.2, -0.15) is 0 Å². The van der Waals surface area contributed by atoms with E-state index in [-0.39, 0.29) is 11.7 Å². The Morgan fingerprint density at radius 2 is 1.77 bits per heavy atom. The smallest absolute Gasteiger partial charge is 0.163 e. The molecule has 1 aliphatic rings. The second-order valence-corrected chi connectivity index (χ2v) is 5.53. The van der Waals surface area contributed by atoms with Gasteiger partial charge in [0, 0.05) is 5.92 Å². The van der Waals surface area contributed by atoms with E-state index < -0.39 is 0 Å². The number of hydrogen-bond donors (Lipinski definition) is 0. The molecule has 0 spiro atoms. The quantitative estimate of drug-likeness (QED) is 0.822. The molecule has 0 fully saturated rings.